The number of nitrogens with one attached hydrogen (secondary N) is 1. The molecule has 6 N–H and O–H groups in total. The number of hydrogen-bond donors (Lipinski definition) is 5. The van der Waals surface area contributed by atoms with Crippen LogP contribution in [0.1, 0.15) is 15.9 Å². The van der Waals surface area contributed by atoms with E-state index in [9.17, 15) is 20.1 Å². The van der Waals surface area contributed by atoms with E-state index in [0.717, 1.165) is 0 Å². The summed E-state index contributed by atoms with van der Waals surface area (Å²) >= 11 is 0. The van der Waals surface area contributed by atoms with Crippen molar-refractivity contribution in [3.63, 3.8) is 0 Å². The number of fused-ring (bicyclic) bond motifs is 4. The van der Waals surface area contributed by atoms with E-state index in [-0.39, 0.29) is 18.0 Å². The minimum Gasteiger partial charge on any atom is -0.453 e. The first-order chi connectivity index (χ1) is 10.5. The Morgan fingerprint density at radius 2 is 2.00 bits per heavy atom. The number of ether oxygens (including phenoxy) is 2. The van der Waals surface area contributed by atoms with Gasteiger partial charge in [0.25, 0.3) is 5.91 Å². The fourth-order valence-electron chi connectivity index (χ4n) is 3.14. The largest absolute Gasteiger partial charge is 0.453 e. The molecule has 0 aromatic heterocycles. The molecule has 1 aromatic rings. The number of aliphatic hydroxyl groups is 3. The minimum atomic E-state index is -1.37. The maximum Gasteiger partial charge on any atom is 0.254 e. The van der Waals surface area contributed by atoms with E-state index in [2.05, 4.69) is 5.32 Å². The quantitative estimate of drug-likeness (QED) is 0.372. The molecular weight excluding hydrogens is 292 g/mol. The molecule has 0 radical (unpaired) electrons. The van der Waals surface area contributed by atoms with Crippen molar-refractivity contribution in [1.29, 1.82) is 0 Å². The summed E-state index contributed by atoms with van der Waals surface area (Å²) in [5, 5.41) is 32.3. The number of rotatable bonds is 0. The van der Waals surface area contributed by atoms with Gasteiger partial charge in [0, 0.05) is 0 Å². The van der Waals surface area contributed by atoms with E-state index >= 15 is 0 Å². The highest BCUT2D eigenvalue weighted by atomic mass is 16.7. The molecule has 0 bridgehead atoms. The molecule has 2 aliphatic heterocycles. The van der Waals surface area contributed by atoms with Crippen LogP contribution in [0.15, 0.2) is 12.1 Å². The summed E-state index contributed by atoms with van der Waals surface area (Å²) in [6, 6.07) is 0.779. The number of anilines is 1. The molecule has 0 spiro atoms. The highest BCUT2D eigenvalue weighted by molar-refractivity contribution is 6.09. The first kappa shape index (κ1) is 13.4. The predicted molar refractivity (Wildman–Crippen MR) is 74.2 cm³/mol. The van der Waals surface area contributed by atoms with Gasteiger partial charge in [-0.05, 0) is 23.3 Å². The molecule has 0 fully saturated rings. The van der Waals surface area contributed by atoms with Crippen LogP contribution in [0.2, 0.25) is 0 Å². The topological polar surface area (TPSA) is 134 Å². The number of carbonyl (C=O) groups excluding carboxylic acids is 1. The van der Waals surface area contributed by atoms with Crippen LogP contribution in [-0.2, 0) is 0 Å². The molecule has 22 heavy (non-hydrogen) atoms. The van der Waals surface area contributed by atoms with Crippen LogP contribution < -0.4 is 20.5 Å². The van der Waals surface area contributed by atoms with Gasteiger partial charge in [-0.15, -0.1) is 0 Å². The van der Waals surface area contributed by atoms with Crippen molar-refractivity contribution in [3.8, 4) is 11.5 Å². The van der Waals surface area contributed by atoms with Crippen LogP contribution in [-0.4, -0.2) is 52.4 Å². The zero-order chi connectivity index (χ0) is 15.6. The predicted octanol–water partition coefficient (Wildman–Crippen LogP) is -1.41. The summed E-state index contributed by atoms with van der Waals surface area (Å²) < 4.78 is 10.6. The average Bonchev–Trinajstić information content (AvgIpc) is 2.95. The number of nitrogens with two attached hydrogens (primary N) is 1. The molecule has 3 aliphatic rings. The monoisotopic (exact) mass is 306 g/mol. The van der Waals surface area contributed by atoms with Gasteiger partial charge in [-0.25, -0.2) is 0 Å². The minimum absolute atomic E-state index is 0.0104. The van der Waals surface area contributed by atoms with Gasteiger partial charge in [0.05, 0.1) is 17.3 Å². The fraction of sp³-hybridized carbons (Fsp3) is 0.357. The zero-order valence-electron chi connectivity index (χ0n) is 11.3. The second kappa shape index (κ2) is 4.35. The van der Waals surface area contributed by atoms with E-state index < -0.39 is 30.3 Å². The highest BCUT2D eigenvalue weighted by Gasteiger charge is 2.44. The lowest BCUT2D eigenvalue weighted by Crippen LogP contribution is -2.57. The number of carbonyl (C=O) groups is 1. The van der Waals surface area contributed by atoms with Crippen LogP contribution in [0.4, 0.5) is 5.69 Å². The van der Waals surface area contributed by atoms with E-state index in [1.165, 1.54) is 6.08 Å². The molecule has 0 saturated carbocycles. The van der Waals surface area contributed by atoms with E-state index in [1.807, 2.05) is 0 Å². The number of amides is 1. The molecule has 4 atom stereocenters. The lowest BCUT2D eigenvalue weighted by atomic mass is 9.79. The Labute approximate surface area is 124 Å². The van der Waals surface area contributed by atoms with Crippen molar-refractivity contribution < 1.29 is 29.6 Å². The summed E-state index contributed by atoms with van der Waals surface area (Å²) in [6.07, 6.45) is -2.53. The Kier molecular flexibility index (Phi) is 2.65. The average molecular weight is 306 g/mol. The Morgan fingerprint density at radius 3 is 2.77 bits per heavy atom. The molecule has 0 unspecified atom stereocenters. The SMILES string of the molecule is Nc1c2c(cc3c1C(=O)N[C@@H]1C3=C[C@H](O)[C@@H](O)[C@H]1O)OCO2. The van der Waals surface area contributed by atoms with Gasteiger partial charge in [0.15, 0.2) is 11.5 Å². The lowest BCUT2D eigenvalue weighted by molar-refractivity contribution is -0.0534. The molecule has 116 valence electrons. The van der Waals surface area contributed by atoms with Gasteiger partial charge < -0.3 is 35.8 Å². The summed E-state index contributed by atoms with van der Waals surface area (Å²) in [5.41, 5.74) is 7.31. The molecule has 8 nitrogen and oxygen atoms in total. The van der Waals surface area contributed by atoms with E-state index in [4.69, 9.17) is 15.2 Å². The number of benzene rings is 1. The molecule has 1 aliphatic carbocycles. The van der Waals surface area contributed by atoms with Crippen LogP contribution in [0.3, 0.4) is 0 Å². The molecule has 1 aromatic carbocycles. The summed E-state index contributed by atoms with van der Waals surface area (Å²) in [4.78, 5) is 12.3. The molecule has 1 amide bonds. The van der Waals surface area contributed by atoms with Crippen molar-refractivity contribution in [3.05, 3.63) is 23.3 Å². The second-order valence-corrected chi connectivity index (χ2v) is 5.49. The zero-order valence-corrected chi connectivity index (χ0v) is 11.3. The van der Waals surface area contributed by atoms with Gasteiger partial charge in [-0.3, -0.25) is 4.79 Å². The van der Waals surface area contributed by atoms with Gasteiger partial charge in [0.2, 0.25) is 6.79 Å². The van der Waals surface area contributed by atoms with E-state index in [0.29, 0.717) is 22.6 Å². The Bertz CT molecular complexity index is 716. The molecule has 0 saturated heterocycles. The first-order valence-electron chi connectivity index (χ1n) is 6.78. The Morgan fingerprint density at radius 1 is 1.23 bits per heavy atom. The second-order valence-electron chi connectivity index (χ2n) is 5.49. The summed E-state index contributed by atoms with van der Waals surface area (Å²) in [6.45, 7) is 0.0104. The maximum atomic E-state index is 12.3. The Hall–Kier alpha value is -2.29. The van der Waals surface area contributed by atoms with Crippen LogP contribution in [0, 0.1) is 0 Å². The van der Waals surface area contributed by atoms with Gasteiger partial charge in [0.1, 0.15) is 18.3 Å². The molecule has 8 heteroatoms. The maximum absolute atomic E-state index is 12.3. The Balaban J connectivity index is 1.95. The number of hydrogen-bond acceptors (Lipinski definition) is 7. The standard InChI is InChI=1S/C14H14N2O6/c15-9-8-4(2-7-13(9)22-3-21-7)5-1-6(17)11(18)12(19)10(5)16-14(8)20/h1-2,6,10-12,17-19H,3,15H2,(H,16,20)/t6-,10+,11+,12-/m0/s1. The van der Waals surface area contributed by atoms with Crippen LogP contribution in [0.5, 0.6) is 11.5 Å². The van der Waals surface area contributed by atoms with Crippen molar-refractivity contribution in [2.75, 3.05) is 12.5 Å². The van der Waals surface area contributed by atoms with Crippen molar-refractivity contribution in [2.24, 2.45) is 0 Å². The van der Waals surface area contributed by atoms with Gasteiger partial charge in [-0.1, -0.05) is 0 Å². The third-order valence-electron chi connectivity index (χ3n) is 4.25. The van der Waals surface area contributed by atoms with E-state index in [1.54, 1.807) is 6.07 Å². The third kappa shape index (κ3) is 1.59. The normalized spacial score (nSPS) is 32.0. The fourth-order valence-corrected chi connectivity index (χ4v) is 3.14. The highest BCUT2D eigenvalue weighted by Crippen LogP contribution is 2.46. The van der Waals surface area contributed by atoms with Gasteiger partial charge >= 0.3 is 0 Å². The number of nitrogen functional groups attached to an aromatic ring is 1. The first-order valence-corrected chi connectivity index (χ1v) is 6.78. The van der Waals surface area contributed by atoms with Crippen LogP contribution in [0.25, 0.3) is 5.57 Å². The van der Waals surface area contributed by atoms with Crippen molar-refractivity contribution >= 4 is 17.2 Å². The molecular formula is C14H14N2O6. The lowest BCUT2D eigenvalue weighted by Gasteiger charge is -2.39. The smallest absolute Gasteiger partial charge is 0.254 e. The number of aliphatic hydroxyl groups excluding tert-OH is 3. The molecule has 2 heterocycles. The van der Waals surface area contributed by atoms with Crippen molar-refractivity contribution in [2.45, 2.75) is 24.4 Å². The van der Waals surface area contributed by atoms with Gasteiger partial charge in [-0.2, -0.15) is 0 Å². The van der Waals surface area contributed by atoms with Crippen molar-refractivity contribution in [1.82, 2.24) is 5.32 Å². The molecule has 4 rings (SSSR count). The third-order valence-corrected chi connectivity index (χ3v) is 4.25. The summed E-state index contributed by atoms with van der Waals surface area (Å²) in [5.74, 6) is 0.237. The summed E-state index contributed by atoms with van der Waals surface area (Å²) in [7, 11) is 0. The van der Waals surface area contributed by atoms with Crippen LogP contribution >= 0.6 is 0 Å².